The quantitative estimate of drug-likeness (QED) is 0.444. The molecule has 0 unspecified atom stereocenters. The second-order valence-electron chi connectivity index (χ2n) is 8.18. The Morgan fingerprint density at radius 3 is 2.59 bits per heavy atom. The fraction of sp³-hybridized carbons (Fsp3) is 0.269. The molecule has 0 spiro atoms. The summed E-state index contributed by atoms with van der Waals surface area (Å²) in [6.45, 7) is 0. The van der Waals surface area contributed by atoms with Gasteiger partial charge in [-0.1, -0.05) is 43.5 Å². The molecule has 3 aromatic rings. The summed E-state index contributed by atoms with van der Waals surface area (Å²) in [7, 11) is 0. The van der Waals surface area contributed by atoms with Crippen molar-refractivity contribution in [3.05, 3.63) is 84.1 Å². The third-order valence-corrected chi connectivity index (χ3v) is 5.83. The molecule has 32 heavy (non-hydrogen) atoms. The highest BCUT2D eigenvalue weighted by atomic mass is 19.1. The minimum absolute atomic E-state index is 0.0487. The van der Waals surface area contributed by atoms with Crippen molar-refractivity contribution in [3.63, 3.8) is 0 Å². The predicted octanol–water partition coefficient (Wildman–Crippen LogP) is 5.31. The third-order valence-electron chi connectivity index (χ3n) is 5.83. The zero-order chi connectivity index (χ0) is 22.3. The second-order valence-corrected chi connectivity index (χ2v) is 8.18. The molecule has 1 fully saturated rings. The molecule has 6 heteroatoms. The molecule has 5 nitrogen and oxygen atoms in total. The van der Waals surface area contributed by atoms with E-state index in [0.717, 1.165) is 42.5 Å². The van der Waals surface area contributed by atoms with Crippen molar-refractivity contribution in [1.29, 1.82) is 5.41 Å². The topological polar surface area (TPSA) is 81.6 Å². The van der Waals surface area contributed by atoms with E-state index in [0.29, 0.717) is 17.7 Å². The van der Waals surface area contributed by atoms with Gasteiger partial charge in [0.1, 0.15) is 17.2 Å². The molecule has 2 aromatic heterocycles. The molecule has 0 radical (unpaired) electrons. The molecular weight excluding hydrogens is 403 g/mol. The Labute approximate surface area is 187 Å². The molecule has 1 amide bonds. The highest BCUT2D eigenvalue weighted by Crippen LogP contribution is 2.24. The number of aromatic nitrogens is 2. The van der Waals surface area contributed by atoms with Gasteiger partial charge in [0.2, 0.25) is 0 Å². The Morgan fingerprint density at radius 2 is 1.91 bits per heavy atom. The number of hydrogen-bond acceptors (Lipinski definition) is 3. The van der Waals surface area contributed by atoms with Crippen LogP contribution in [0.15, 0.2) is 67.0 Å². The largest absolute Gasteiger partial charge is 0.361 e. The number of aromatic amines is 1. The molecule has 1 aromatic carbocycles. The van der Waals surface area contributed by atoms with E-state index in [9.17, 15) is 9.18 Å². The number of benzene rings is 1. The standard InChI is InChI=1S/C26H27FN4O/c27-22-8-4-15-30-25(22)19-12-10-18(11-13-19)16-20(24-9-5-14-29-24)17-23(28)26(32)31-21-6-2-1-3-7-21/h4-5,8-15,17,21,28-29H,1-3,6-7,16H2,(H,31,32)/b20-17-,28-23?. The van der Waals surface area contributed by atoms with Crippen LogP contribution in [-0.4, -0.2) is 27.6 Å². The first-order valence-corrected chi connectivity index (χ1v) is 11.0. The first-order valence-electron chi connectivity index (χ1n) is 11.0. The van der Waals surface area contributed by atoms with Gasteiger partial charge < -0.3 is 10.3 Å². The van der Waals surface area contributed by atoms with E-state index in [1.807, 2.05) is 42.6 Å². The van der Waals surface area contributed by atoms with Gasteiger partial charge in [0.05, 0.1) is 0 Å². The SMILES string of the molecule is N=C(/C=C(/Cc1ccc(-c2ncccc2F)cc1)c1ccc[nH]1)C(=O)NC1CCCCC1. The van der Waals surface area contributed by atoms with E-state index in [1.165, 1.54) is 12.5 Å². The molecule has 3 N–H and O–H groups in total. The van der Waals surface area contributed by atoms with Gasteiger partial charge in [0.15, 0.2) is 0 Å². The zero-order valence-electron chi connectivity index (χ0n) is 17.9. The Morgan fingerprint density at radius 1 is 1.12 bits per heavy atom. The summed E-state index contributed by atoms with van der Waals surface area (Å²) < 4.78 is 14.0. The van der Waals surface area contributed by atoms with E-state index >= 15 is 0 Å². The zero-order valence-corrected chi connectivity index (χ0v) is 17.9. The van der Waals surface area contributed by atoms with Crippen LogP contribution in [-0.2, 0) is 11.2 Å². The van der Waals surface area contributed by atoms with Crippen molar-refractivity contribution in [2.45, 2.75) is 44.6 Å². The molecule has 4 rings (SSSR count). The van der Waals surface area contributed by atoms with E-state index in [1.54, 1.807) is 18.3 Å². The van der Waals surface area contributed by atoms with E-state index in [2.05, 4.69) is 15.3 Å². The van der Waals surface area contributed by atoms with Crippen LogP contribution in [0, 0.1) is 11.2 Å². The monoisotopic (exact) mass is 430 g/mol. The second kappa shape index (κ2) is 10.2. The number of carbonyl (C=O) groups is 1. The van der Waals surface area contributed by atoms with Crippen molar-refractivity contribution in [2.24, 2.45) is 0 Å². The van der Waals surface area contributed by atoms with Gasteiger partial charge >= 0.3 is 0 Å². The Hall–Kier alpha value is -3.54. The number of pyridine rings is 1. The lowest BCUT2D eigenvalue weighted by molar-refractivity contribution is -0.115. The van der Waals surface area contributed by atoms with Gasteiger partial charge in [-0.05, 0) is 60.7 Å². The number of nitrogens with one attached hydrogen (secondary N) is 3. The molecule has 164 valence electrons. The van der Waals surface area contributed by atoms with Crippen LogP contribution >= 0.6 is 0 Å². The lowest BCUT2D eigenvalue weighted by atomic mass is 9.95. The maximum Gasteiger partial charge on any atom is 0.269 e. The van der Waals surface area contributed by atoms with Gasteiger partial charge in [-0.25, -0.2) is 4.39 Å². The van der Waals surface area contributed by atoms with Gasteiger partial charge in [-0.15, -0.1) is 0 Å². The minimum atomic E-state index is -0.357. The van der Waals surface area contributed by atoms with Crippen LogP contribution in [0.4, 0.5) is 4.39 Å². The van der Waals surface area contributed by atoms with Crippen molar-refractivity contribution < 1.29 is 9.18 Å². The summed E-state index contributed by atoms with van der Waals surface area (Å²) in [4.78, 5) is 19.9. The number of hydrogen-bond donors (Lipinski definition) is 3. The number of halogens is 1. The van der Waals surface area contributed by atoms with Crippen LogP contribution in [0.2, 0.25) is 0 Å². The molecule has 1 saturated carbocycles. The minimum Gasteiger partial charge on any atom is -0.361 e. The summed E-state index contributed by atoms with van der Waals surface area (Å²) >= 11 is 0. The maximum atomic E-state index is 14.0. The molecule has 2 heterocycles. The van der Waals surface area contributed by atoms with Crippen molar-refractivity contribution in [3.8, 4) is 11.3 Å². The number of nitrogens with zero attached hydrogens (tertiary/aromatic N) is 1. The average Bonchev–Trinajstić information content (AvgIpc) is 3.35. The van der Waals surface area contributed by atoms with E-state index < -0.39 is 0 Å². The highest BCUT2D eigenvalue weighted by molar-refractivity contribution is 6.43. The van der Waals surface area contributed by atoms with Crippen LogP contribution in [0.3, 0.4) is 0 Å². The van der Waals surface area contributed by atoms with Gasteiger partial charge in [0.25, 0.3) is 5.91 Å². The molecule has 0 atom stereocenters. The predicted molar refractivity (Wildman–Crippen MR) is 125 cm³/mol. The lowest BCUT2D eigenvalue weighted by Crippen LogP contribution is -2.39. The average molecular weight is 431 g/mol. The molecular formula is C26H27FN4O. The van der Waals surface area contributed by atoms with Crippen LogP contribution in [0.25, 0.3) is 16.8 Å². The number of rotatable bonds is 7. The first-order chi connectivity index (χ1) is 15.6. The first kappa shape index (κ1) is 21.7. The smallest absolute Gasteiger partial charge is 0.269 e. The molecule has 0 aliphatic heterocycles. The van der Waals surface area contributed by atoms with Gasteiger partial charge in [-0.2, -0.15) is 0 Å². The van der Waals surface area contributed by atoms with E-state index in [-0.39, 0.29) is 23.5 Å². The third kappa shape index (κ3) is 5.38. The molecule has 0 saturated heterocycles. The van der Waals surface area contributed by atoms with Crippen molar-refractivity contribution in [2.75, 3.05) is 0 Å². The molecule has 1 aliphatic rings. The number of amides is 1. The fourth-order valence-corrected chi connectivity index (χ4v) is 4.10. The number of allylic oxidation sites excluding steroid dienone is 1. The normalized spacial score (nSPS) is 14.8. The highest BCUT2D eigenvalue weighted by Gasteiger charge is 2.18. The molecule has 1 aliphatic carbocycles. The van der Waals surface area contributed by atoms with Crippen molar-refractivity contribution >= 4 is 17.2 Å². The maximum absolute atomic E-state index is 14.0. The summed E-state index contributed by atoms with van der Waals surface area (Å²) in [5.74, 6) is -0.688. The van der Waals surface area contributed by atoms with E-state index in [4.69, 9.17) is 5.41 Å². The summed E-state index contributed by atoms with van der Waals surface area (Å²) in [6.07, 6.45) is 11.0. The molecule has 0 bridgehead atoms. The van der Waals surface area contributed by atoms with Crippen molar-refractivity contribution in [1.82, 2.24) is 15.3 Å². The van der Waals surface area contributed by atoms with Crippen LogP contribution in [0.5, 0.6) is 0 Å². The number of H-pyrrole nitrogens is 1. The fourth-order valence-electron chi connectivity index (χ4n) is 4.10. The Bertz CT molecular complexity index is 1100. The summed E-state index contributed by atoms with van der Waals surface area (Å²) in [6, 6.07) is 14.5. The summed E-state index contributed by atoms with van der Waals surface area (Å²) in [5.41, 5.74) is 3.67. The van der Waals surface area contributed by atoms with Gasteiger partial charge in [0, 0.05) is 29.7 Å². The lowest BCUT2D eigenvalue weighted by Gasteiger charge is -2.22. The summed E-state index contributed by atoms with van der Waals surface area (Å²) in [5, 5.41) is 11.3. The van der Waals surface area contributed by atoms with Crippen LogP contribution < -0.4 is 5.32 Å². The van der Waals surface area contributed by atoms with Crippen LogP contribution in [0.1, 0.15) is 43.4 Å². The Kier molecular flexibility index (Phi) is 6.90. The Balaban J connectivity index is 1.50. The number of carbonyl (C=O) groups excluding carboxylic acids is 1. The van der Waals surface area contributed by atoms with Gasteiger partial charge in [-0.3, -0.25) is 15.2 Å².